The highest BCUT2D eigenvalue weighted by Gasteiger charge is 2.33. The highest BCUT2D eigenvalue weighted by atomic mass is 16.4. The fourth-order valence-corrected chi connectivity index (χ4v) is 3.22. The summed E-state index contributed by atoms with van der Waals surface area (Å²) in [7, 11) is 0. The maximum atomic E-state index is 11.3. The Labute approximate surface area is 111 Å². The second-order valence-corrected chi connectivity index (χ2v) is 6.28. The molecule has 0 aliphatic heterocycles. The van der Waals surface area contributed by atoms with Crippen molar-refractivity contribution in [2.45, 2.75) is 71.9 Å². The second-order valence-electron chi connectivity index (χ2n) is 6.28. The van der Waals surface area contributed by atoms with Crippen LogP contribution in [0.2, 0.25) is 0 Å². The SMILES string of the molecule is CCCC(NC1CC(C)CCC1C(C)C)C(=O)O. The van der Waals surface area contributed by atoms with Crippen molar-refractivity contribution in [3.8, 4) is 0 Å². The normalized spacial score (nSPS) is 30.4. The summed E-state index contributed by atoms with van der Waals surface area (Å²) < 4.78 is 0. The number of hydrogen-bond donors (Lipinski definition) is 2. The Bertz CT molecular complexity index is 265. The zero-order chi connectivity index (χ0) is 13.7. The van der Waals surface area contributed by atoms with Crippen molar-refractivity contribution >= 4 is 5.97 Å². The average molecular weight is 255 g/mol. The van der Waals surface area contributed by atoms with Crippen LogP contribution in [-0.2, 0) is 4.79 Å². The maximum Gasteiger partial charge on any atom is 0.320 e. The molecule has 0 amide bonds. The number of nitrogens with one attached hydrogen (secondary N) is 1. The molecule has 0 spiro atoms. The molecule has 106 valence electrons. The molecule has 0 aromatic carbocycles. The van der Waals surface area contributed by atoms with E-state index in [1.807, 2.05) is 6.92 Å². The topological polar surface area (TPSA) is 49.3 Å². The smallest absolute Gasteiger partial charge is 0.320 e. The number of rotatable bonds is 6. The molecule has 3 nitrogen and oxygen atoms in total. The van der Waals surface area contributed by atoms with Gasteiger partial charge in [-0.15, -0.1) is 0 Å². The molecule has 18 heavy (non-hydrogen) atoms. The van der Waals surface area contributed by atoms with Crippen molar-refractivity contribution in [1.29, 1.82) is 0 Å². The van der Waals surface area contributed by atoms with Gasteiger partial charge in [0.25, 0.3) is 0 Å². The van der Waals surface area contributed by atoms with Crippen molar-refractivity contribution in [2.24, 2.45) is 17.8 Å². The summed E-state index contributed by atoms with van der Waals surface area (Å²) in [6, 6.07) is 0.00736. The quantitative estimate of drug-likeness (QED) is 0.765. The maximum absolute atomic E-state index is 11.3. The van der Waals surface area contributed by atoms with Crippen LogP contribution in [0.25, 0.3) is 0 Å². The Morgan fingerprint density at radius 3 is 2.56 bits per heavy atom. The van der Waals surface area contributed by atoms with Gasteiger partial charge in [-0.3, -0.25) is 4.79 Å². The Morgan fingerprint density at radius 2 is 2.06 bits per heavy atom. The fourth-order valence-electron chi connectivity index (χ4n) is 3.22. The van der Waals surface area contributed by atoms with Crippen LogP contribution in [0.15, 0.2) is 0 Å². The number of carboxylic acid groups (broad SMARTS) is 1. The summed E-state index contributed by atoms with van der Waals surface area (Å²) >= 11 is 0. The van der Waals surface area contributed by atoms with E-state index in [0.717, 1.165) is 19.3 Å². The van der Waals surface area contributed by atoms with Gasteiger partial charge in [0.15, 0.2) is 0 Å². The van der Waals surface area contributed by atoms with Gasteiger partial charge >= 0.3 is 5.97 Å². The molecule has 0 radical (unpaired) electrons. The Morgan fingerprint density at radius 1 is 1.39 bits per heavy atom. The molecule has 1 aliphatic rings. The Kier molecular flexibility index (Phi) is 6.13. The molecule has 3 heteroatoms. The molecule has 0 saturated heterocycles. The van der Waals surface area contributed by atoms with Crippen LogP contribution < -0.4 is 5.32 Å². The summed E-state index contributed by atoms with van der Waals surface area (Å²) in [5, 5.41) is 12.7. The van der Waals surface area contributed by atoms with E-state index in [-0.39, 0.29) is 6.04 Å². The van der Waals surface area contributed by atoms with Gasteiger partial charge in [-0.2, -0.15) is 0 Å². The van der Waals surface area contributed by atoms with Crippen molar-refractivity contribution < 1.29 is 9.90 Å². The van der Waals surface area contributed by atoms with Gasteiger partial charge in [0.05, 0.1) is 0 Å². The first kappa shape index (κ1) is 15.5. The van der Waals surface area contributed by atoms with Crippen LogP contribution in [0, 0.1) is 17.8 Å². The predicted octanol–water partition coefficient (Wildman–Crippen LogP) is 3.29. The van der Waals surface area contributed by atoms with Gasteiger partial charge in [-0.25, -0.2) is 0 Å². The van der Waals surface area contributed by atoms with E-state index in [4.69, 9.17) is 0 Å². The first-order chi connectivity index (χ1) is 8.45. The molecule has 1 rings (SSSR count). The number of hydrogen-bond acceptors (Lipinski definition) is 2. The van der Waals surface area contributed by atoms with E-state index in [0.29, 0.717) is 23.8 Å². The van der Waals surface area contributed by atoms with Crippen molar-refractivity contribution in [3.63, 3.8) is 0 Å². The van der Waals surface area contributed by atoms with Gasteiger partial charge in [0.1, 0.15) is 6.04 Å². The molecule has 0 aromatic heterocycles. The lowest BCUT2D eigenvalue weighted by Crippen LogP contribution is -2.50. The molecule has 0 bridgehead atoms. The third-order valence-corrected chi connectivity index (χ3v) is 4.31. The van der Waals surface area contributed by atoms with Gasteiger partial charge in [-0.1, -0.05) is 40.5 Å². The third kappa shape index (κ3) is 4.27. The lowest BCUT2D eigenvalue weighted by Gasteiger charge is -2.39. The van der Waals surface area contributed by atoms with Crippen LogP contribution in [0.1, 0.15) is 59.8 Å². The van der Waals surface area contributed by atoms with Crippen molar-refractivity contribution in [2.75, 3.05) is 0 Å². The lowest BCUT2D eigenvalue weighted by molar-refractivity contribution is -0.140. The monoisotopic (exact) mass is 255 g/mol. The minimum Gasteiger partial charge on any atom is -0.480 e. The highest BCUT2D eigenvalue weighted by Crippen LogP contribution is 2.33. The van der Waals surface area contributed by atoms with Gasteiger partial charge in [0, 0.05) is 6.04 Å². The predicted molar refractivity (Wildman–Crippen MR) is 74.6 cm³/mol. The van der Waals surface area contributed by atoms with Crippen LogP contribution >= 0.6 is 0 Å². The second kappa shape index (κ2) is 7.13. The van der Waals surface area contributed by atoms with Crippen LogP contribution in [0.3, 0.4) is 0 Å². The summed E-state index contributed by atoms with van der Waals surface area (Å²) in [5.41, 5.74) is 0. The molecule has 0 aromatic rings. The summed E-state index contributed by atoms with van der Waals surface area (Å²) in [6.07, 6.45) is 5.28. The highest BCUT2D eigenvalue weighted by molar-refractivity contribution is 5.73. The molecule has 2 N–H and O–H groups in total. The van der Waals surface area contributed by atoms with E-state index in [1.54, 1.807) is 0 Å². The summed E-state index contributed by atoms with van der Waals surface area (Å²) in [4.78, 5) is 11.3. The minimum atomic E-state index is -0.697. The zero-order valence-corrected chi connectivity index (χ0v) is 12.3. The first-order valence-corrected chi connectivity index (χ1v) is 7.44. The molecule has 1 fully saturated rings. The molecule has 4 atom stereocenters. The molecular formula is C15H29NO2. The zero-order valence-electron chi connectivity index (χ0n) is 12.3. The van der Waals surface area contributed by atoms with E-state index >= 15 is 0 Å². The summed E-state index contributed by atoms with van der Waals surface area (Å²) in [6.45, 7) is 8.83. The van der Waals surface area contributed by atoms with Crippen molar-refractivity contribution in [3.05, 3.63) is 0 Å². The minimum absolute atomic E-state index is 0.369. The lowest BCUT2D eigenvalue weighted by atomic mass is 9.73. The van der Waals surface area contributed by atoms with E-state index in [2.05, 4.69) is 26.1 Å². The van der Waals surface area contributed by atoms with E-state index in [1.165, 1.54) is 12.8 Å². The standard InChI is InChI=1S/C15H29NO2/c1-5-6-13(15(17)18)16-14-9-11(4)7-8-12(14)10(2)3/h10-14,16H,5-9H2,1-4H3,(H,17,18). The van der Waals surface area contributed by atoms with E-state index in [9.17, 15) is 9.90 Å². The molecular weight excluding hydrogens is 226 g/mol. The van der Waals surface area contributed by atoms with Gasteiger partial charge in [-0.05, 0) is 37.0 Å². The molecule has 0 heterocycles. The number of carboxylic acids is 1. The largest absolute Gasteiger partial charge is 0.480 e. The van der Waals surface area contributed by atoms with Crippen LogP contribution in [0.5, 0.6) is 0 Å². The molecule has 4 unspecified atom stereocenters. The number of carbonyl (C=O) groups is 1. The van der Waals surface area contributed by atoms with E-state index < -0.39 is 5.97 Å². The molecule has 1 saturated carbocycles. The first-order valence-electron chi connectivity index (χ1n) is 7.44. The van der Waals surface area contributed by atoms with Crippen LogP contribution in [0.4, 0.5) is 0 Å². The van der Waals surface area contributed by atoms with Crippen molar-refractivity contribution in [1.82, 2.24) is 5.32 Å². The Hall–Kier alpha value is -0.570. The fraction of sp³-hybridized carbons (Fsp3) is 0.933. The molecule has 1 aliphatic carbocycles. The third-order valence-electron chi connectivity index (χ3n) is 4.31. The number of aliphatic carboxylic acids is 1. The average Bonchev–Trinajstić information content (AvgIpc) is 2.28. The van der Waals surface area contributed by atoms with Crippen LogP contribution in [-0.4, -0.2) is 23.2 Å². The van der Waals surface area contributed by atoms with Gasteiger partial charge < -0.3 is 10.4 Å². The summed E-state index contributed by atoms with van der Waals surface area (Å²) in [5.74, 6) is 1.28. The van der Waals surface area contributed by atoms with Gasteiger partial charge in [0.2, 0.25) is 0 Å². The Balaban J connectivity index is 2.66.